The van der Waals surface area contributed by atoms with Gasteiger partial charge in [-0.2, -0.15) is 4.98 Å². The molecule has 1 saturated heterocycles. The zero-order valence-corrected chi connectivity index (χ0v) is 23.6. The SMILES string of the molecule is CCOc1ccn([C@@H]2O[C@H](COC(c3ccccc3)(c3ccc(OC)cc3)c3ccc(OC)cc3)[C@@H](O)[C@H]2O)c(=O)n1. The fraction of sp³-hybridized carbons (Fsp3) is 0.312. The Hall–Kier alpha value is -4.22. The molecule has 4 atom stereocenters. The standard InChI is InChI=1S/C32H34N2O8/c1-4-40-27-18-19-34(31(37)33-27)30-29(36)28(35)26(42-30)20-41-32(21-8-6-5-7-9-21,22-10-14-24(38-2)15-11-22)23-12-16-25(39-3)17-13-23/h5-19,26,28-30,35-36H,4,20H2,1-3H3/t26-,28-,29-,30-/m1/s1. The van der Waals surface area contributed by atoms with E-state index in [1.165, 1.54) is 12.3 Å². The van der Waals surface area contributed by atoms with Crippen LogP contribution < -0.4 is 19.9 Å². The molecule has 2 heterocycles. The maximum atomic E-state index is 12.7. The normalized spacial score (nSPS) is 20.3. The minimum Gasteiger partial charge on any atom is -0.497 e. The molecule has 0 unspecified atom stereocenters. The van der Waals surface area contributed by atoms with E-state index in [4.69, 9.17) is 23.7 Å². The first-order chi connectivity index (χ1) is 20.4. The summed E-state index contributed by atoms with van der Waals surface area (Å²) in [7, 11) is 3.20. The summed E-state index contributed by atoms with van der Waals surface area (Å²) >= 11 is 0. The van der Waals surface area contributed by atoms with Gasteiger partial charge in [0, 0.05) is 12.3 Å². The number of rotatable bonds is 11. The summed E-state index contributed by atoms with van der Waals surface area (Å²) in [4.78, 5) is 16.6. The van der Waals surface area contributed by atoms with Gasteiger partial charge >= 0.3 is 5.69 Å². The van der Waals surface area contributed by atoms with Gasteiger partial charge in [0.15, 0.2) is 6.23 Å². The van der Waals surface area contributed by atoms with Crippen molar-refractivity contribution in [1.82, 2.24) is 9.55 Å². The summed E-state index contributed by atoms with van der Waals surface area (Å²) in [5.74, 6) is 1.54. The van der Waals surface area contributed by atoms with Crippen molar-refractivity contribution < 1.29 is 33.9 Å². The highest BCUT2D eigenvalue weighted by molar-refractivity contribution is 5.49. The summed E-state index contributed by atoms with van der Waals surface area (Å²) in [6.07, 6.45) is -3.45. The van der Waals surface area contributed by atoms with E-state index in [2.05, 4.69) is 4.98 Å². The minimum absolute atomic E-state index is 0.124. The lowest BCUT2D eigenvalue weighted by Gasteiger charge is -2.37. The second kappa shape index (κ2) is 12.7. The molecular weight excluding hydrogens is 540 g/mol. The maximum Gasteiger partial charge on any atom is 0.353 e. The smallest absolute Gasteiger partial charge is 0.353 e. The van der Waals surface area contributed by atoms with E-state index < -0.39 is 35.8 Å². The molecule has 1 aliphatic heterocycles. The number of hydrogen-bond donors (Lipinski definition) is 2. The summed E-state index contributed by atoms with van der Waals surface area (Å²) in [5.41, 5.74) is 0.613. The molecule has 0 aliphatic carbocycles. The van der Waals surface area contributed by atoms with Crippen LogP contribution in [0.5, 0.6) is 17.4 Å². The lowest BCUT2D eigenvalue weighted by atomic mass is 9.80. The molecule has 4 aromatic rings. The number of aliphatic hydroxyl groups is 2. The van der Waals surface area contributed by atoms with E-state index >= 15 is 0 Å². The van der Waals surface area contributed by atoms with E-state index in [1.807, 2.05) is 78.9 Å². The van der Waals surface area contributed by atoms with Gasteiger partial charge in [-0.15, -0.1) is 0 Å². The average molecular weight is 575 g/mol. The summed E-state index contributed by atoms with van der Waals surface area (Å²) in [6.45, 7) is 2.01. The molecule has 0 spiro atoms. The van der Waals surface area contributed by atoms with Crippen molar-refractivity contribution >= 4 is 0 Å². The zero-order valence-electron chi connectivity index (χ0n) is 23.6. The highest BCUT2D eigenvalue weighted by Gasteiger charge is 2.46. The second-order valence-electron chi connectivity index (χ2n) is 9.75. The topological polar surface area (TPSA) is 122 Å². The Kier molecular flexibility index (Phi) is 8.89. The van der Waals surface area contributed by atoms with Crippen molar-refractivity contribution in [3.8, 4) is 17.4 Å². The van der Waals surface area contributed by atoms with Gasteiger partial charge in [0.25, 0.3) is 0 Å². The Morgan fingerprint density at radius 2 is 1.40 bits per heavy atom. The van der Waals surface area contributed by atoms with Gasteiger partial charge in [-0.3, -0.25) is 4.57 Å². The Bertz CT molecular complexity index is 1460. The molecule has 0 saturated carbocycles. The molecule has 1 aromatic heterocycles. The third-order valence-corrected chi connectivity index (χ3v) is 7.35. The van der Waals surface area contributed by atoms with Crippen LogP contribution in [-0.2, 0) is 15.1 Å². The van der Waals surface area contributed by atoms with Crippen LogP contribution >= 0.6 is 0 Å². The van der Waals surface area contributed by atoms with Gasteiger partial charge in [0.1, 0.15) is 35.4 Å². The van der Waals surface area contributed by atoms with E-state index in [0.717, 1.165) is 21.3 Å². The largest absolute Gasteiger partial charge is 0.497 e. The van der Waals surface area contributed by atoms with E-state index in [-0.39, 0.29) is 12.5 Å². The quantitative estimate of drug-likeness (QED) is 0.260. The number of methoxy groups -OCH3 is 2. The van der Waals surface area contributed by atoms with Crippen molar-refractivity contribution in [3.63, 3.8) is 0 Å². The van der Waals surface area contributed by atoms with Gasteiger partial charge in [0.2, 0.25) is 5.88 Å². The summed E-state index contributed by atoms with van der Waals surface area (Å²) < 4.78 is 30.1. The van der Waals surface area contributed by atoms with Crippen LogP contribution in [0.1, 0.15) is 29.8 Å². The first kappa shape index (κ1) is 29.3. The van der Waals surface area contributed by atoms with Crippen molar-refractivity contribution in [2.75, 3.05) is 27.4 Å². The van der Waals surface area contributed by atoms with E-state index in [9.17, 15) is 15.0 Å². The highest BCUT2D eigenvalue weighted by atomic mass is 16.6. The second-order valence-corrected chi connectivity index (χ2v) is 9.75. The molecule has 2 N–H and O–H groups in total. The number of hydrogen-bond acceptors (Lipinski definition) is 9. The molecule has 1 fully saturated rings. The summed E-state index contributed by atoms with van der Waals surface area (Å²) in [6, 6.07) is 26.3. The van der Waals surface area contributed by atoms with Crippen LogP contribution in [0, 0.1) is 0 Å². The minimum atomic E-state index is -1.40. The molecule has 0 radical (unpaired) electrons. The van der Waals surface area contributed by atoms with Crippen molar-refractivity contribution in [2.24, 2.45) is 0 Å². The molecule has 1 aliphatic rings. The third kappa shape index (κ3) is 5.62. The van der Waals surface area contributed by atoms with Gasteiger partial charge < -0.3 is 33.9 Å². The Labute approximate surface area is 243 Å². The molecule has 220 valence electrons. The lowest BCUT2D eigenvalue weighted by Crippen LogP contribution is -2.39. The fourth-order valence-corrected chi connectivity index (χ4v) is 5.20. The number of aliphatic hydroxyl groups excluding tert-OH is 2. The lowest BCUT2D eigenvalue weighted by molar-refractivity contribution is -0.0959. The maximum absolute atomic E-state index is 12.7. The number of nitrogens with zero attached hydrogens (tertiary/aromatic N) is 2. The van der Waals surface area contributed by atoms with Crippen LogP contribution in [0.15, 0.2) is 95.9 Å². The van der Waals surface area contributed by atoms with Crippen molar-refractivity contribution in [1.29, 1.82) is 0 Å². The van der Waals surface area contributed by atoms with Gasteiger partial charge in [-0.25, -0.2) is 4.79 Å². The predicted molar refractivity (Wildman–Crippen MR) is 154 cm³/mol. The van der Waals surface area contributed by atoms with Crippen LogP contribution in [-0.4, -0.2) is 65.5 Å². The molecule has 0 amide bonds. The molecule has 42 heavy (non-hydrogen) atoms. The van der Waals surface area contributed by atoms with Gasteiger partial charge in [-0.05, 0) is 47.9 Å². The Morgan fingerprint density at radius 1 is 0.833 bits per heavy atom. The molecule has 10 nitrogen and oxygen atoms in total. The molecule has 3 aromatic carbocycles. The fourth-order valence-electron chi connectivity index (χ4n) is 5.20. The van der Waals surface area contributed by atoms with Crippen molar-refractivity contribution in [3.05, 3.63) is 118 Å². The average Bonchev–Trinajstić information content (AvgIpc) is 3.31. The van der Waals surface area contributed by atoms with Crippen molar-refractivity contribution in [2.45, 2.75) is 37.1 Å². The highest BCUT2D eigenvalue weighted by Crippen LogP contribution is 2.42. The Balaban J connectivity index is 1.52. The molecule has 5 rings (SSSR count). The predicted octanol–water partition coefficient (Wildman–Crippen LogP) is 3.29. The summed E-state index contributed by atoms with van der Waals surface area (Å²) in [5, 5.41) is 21.9. The number of aromatic nitrogens is 2. The first-order valence-corrected chi connectivity index (χ1v) is 13.6. The number of benzene rings is 3. The zero-order chi connectivity index (χ0) is 29.7. The van der Waals surface area contributed by atoms with Gasteiger partial charge in [-0.1, -0.05) is 54.6 Å². The molecule has 10 heteroatoms. The molecular formula is C32H34N2O8. The molecule has 0 bridgehead atoms. The van der Waals surface area contributed by atoms with Crippen LogP contribution in [0.3, 0.4) is 0 Å². The van der Waals surface area contributed by atoms with Crippen LogP contribution in [0.25, 0.3) is 0 Å². The van der Waals surface area contributed by atoms with Crippen LogP contribution in [0.4, 0.5) is 0 Å². The monoisotopic (exact) mass is 574 g/mol. The number of ether oxygens (including phenoxy) is 5. The van der Waals surface area contributed by atoms with E-state index in [1.54, 1.807) is 21.1 Å². The van der Waals surface area contributed by atoms with Gasteiger partial charge in [0.05, 0.1) is 27.4 Å². The third-order valence-electron chi connectivity index (χ3n) is 7.35. The van der Waals surface area contributed by atoms with Crippen LogP contribution in [0.2, 0.25) is 0 Å². The first-order valence-electron chi connectivity index (χ1n) is 13.6. The van der Waals surface area contributed by atoms with E-state index in [0.29, 0.717) is 18.1 Å². The Morgan fingerprint density at radius 3 is 1.93 bits per heavy atom.